The third-order valence-electron chi connectivity index (χ3n) is 3.11. The number of benzene rings is 1. The molecule has 0 atom stereocenters. The molecule has 0 radical (unpaired) electrons. The highest BCUT2D eigenvalue weighted by Gasteiger charge is 2.23. The Morgan fingerprint density at radius 2 is 1.92 bits per heavy atom. The number of Topliss-reactive ketones (excluding diaryl/α,β-unsaturated/α-hetero) is 1. The summed E-state index contributed by atoms with van der Waals surface area (Å²) in [5, 5.41) is -0.00948. The molecule has 0 amide bonds. The molecule has 25 heavy (non-hydrogen) atoms. The molecule has 1 aromatic heterocycles. The molecule has 0 unspecified atom stereocenters. The van der Waals surface area contributed by atoms with Gasteiger partial charge in [0.05, 0.1) is 19.2 Å². The number of halogens is 2. The number of ketones is 1. The average molecular weight is 467 g/mol. The van der Waals surface area contributed by atoms with Gasteiger partial charge in [0.25, 0.3) is 0 Å². The number of rotatable bonds is 6. The monoisotopic (exact) mass is 465 g/mol. The maximum absolute atomic E-state index is 12.2. The minimum atomic E-state index is -3.81. The van der Waals surface area contributed by atoms with E-state index in [-0.39, 0.29) is 21.3 Å². The summed E-state index contributed by atoms with van der Waals surface area (Å²) in [4.78, 5) is 24.3. The molecule has 0 aliphatic heterocycles. The van der Waals surface area contributed by atoms with Crippen LogP contribution in [0.1, 0.15) is 20.0 Å². The maximum Gasteiger partial charge on any atom is 0.338 e. The third kappa shape index (κ3) is 4.68. The first-order valence-electron chi connectivity index (χ1n) is 6.80. The van der Waals surface area contributed by atoms with Crippen molar-refractivity contribution in [3.63, 3.8) is 0 Å². The van der Waals surface area contributed by atoms with E-state index in [0.717, 1.165) is 14.2 Å². The molecule has 2 rings (SSSR count). The standard InChI is InChI=1S/C15H13BrClNO5S2/c1-18(2)25(21,22)13-7-9(3-4-10(13)17)15(20)23-8-11(19)12-5-6-14(16)24-12/h3-7H,8H2,1-2H3. The Hall–Kier alpha value is -1.26. The zero-order chi connectivity index (χ0) is 18.8. The Bertz CT molecular complexity index is 924. The fourth-order valence-corrected chi connectivity index (χ4v) is 4.48. The van der Waals surface area contributed by atoms with Crippen LogP contribution in [-0.2, 0) is 14.8 Å². The molecule has 1 heterocycles. The minimum absolute atomic E-state index is 0.00927. The van der Waals surface area contributed by atoms with Crippen molar-refractivity contribution in [1.82, 2.24) is 4.31 Å². The van der Waals surface area contributed by atoms with Crippen molar-refractivity contribution in [2.75, 3.05) is 20.7 Å². The van der Waals surface area contributed by atoms with Crippen LogP contribution in [0.25, 0.3) is 0 Å². The highest BCUT2D eigenvalue weighted by Crippen LogP contribution is 2.25. The van der Waals surface area contributed by atoms with Crippen molar-refractivity contribution in [2.45, 2.75) is 4.90 Å². The quantitative estimate of drug-likeness (QED) is 0.481. The number of ether oxygens (including phenoxy) is 1. The number of carbonyl (C=O) groups excluding carboxylic acids is 2. The Morgan fingerprint density at radius 3 is 2.48 bits per heavy atom. The molecule has 0 fully saturated rings. The number of sulfonamides is 1. The zero-order valence-electron chi connectivity index (χ0n) is 13.2. The van der Waals surface area contributed by atoms with Gasteiger partial charge in [-0.2, -0.15) is 0 Å². The van der Waals surface area contributed by atoms with Gasteiger partial charge in [-0.1, -0.05) is 11.6 Å². The lowest BCUT2D eigenvalue weighted by Gasteiger charge is -2.13. The van der Waals surface area contributed by atoms with Gasteiger partial charge in [-0.05, 0) is 46.3 Å². The van der Waals surface area contributed by atoms with Crippen LogP contribution < -0.4 is 0 Å². The summed E-state index contributed by atoms with van der Waals surface area (Å²) in [6.07, 6.45) is 0. The number of thiophene rings is 1. The summed E-state index contributed by atoms with van der Waals surface area (Å²) in [6, 6.07) is 7.11. The van der Waals surface area contributed by atoms with Crippen LogP contribution in [0.4, 0.5) is 0 Å². The van der Waals surface area contributed by atoms with E-state index in [2.05, 4.69) is 15.9 Å². The summed E-state index contributed by atoms with van der Waals surface area (Å²) in [5.41, 5.74) is -0.00927. The molecule has 0 spiro atoms. The third-order valence-corrected chi connectivity index (χ3v) is 7.07. The largest absolute Gasteiger partial charge is 0.454 e. The topological polar surface area (TPSA) is 80.8 Å². The van der Waals surface area contributed by atoms with E-state index in [0.29, 0.717) is 4.88 Å². The van der Waals surface area contributed by atoms with Gasteiger partial charge in [-0.3, -0.25) is 4.79 Å². The van der Waals surface area contributed by atoms with Crippen LogP contribution in [-0.4, -0.2) is 45.2 Å². The molecular weight excluding hydrogens is 454 g/mol. The van der Waals surface area contributed by atoms with Crippen molar-refractivity contribution in [3.8, 4) is 0 Å². The number of hydrogen-bond donors (Lipinski definition) is 0. The SMILES string of the molecule is CN(C)S(=O)(=O)c1cc(C(=O)OCC(=O)c2ccc(Br)s2)ccc1Cl. The van der Waals surface area contributed by atoms with Crippen LogP contribution in [0.5, 0.6) is 0 Å². The van der Waals surface area contributed by atoms with Gasteiger partial charge in [0.2, 0.25) is 15.8 Å². The Kier molecular flexibility index (Phi) is 6.39. The summed E-state index contributed by atoms with van der Waals surface area (Å²) in [5.74, 6) is -1.16. The first kappa shape index (κ1) is 20.1. The fraction of sp³-hybridized carbons (Fsp3) is 0.200. The Labute approximate surface area is 162 Å². The second-order valence-electron chi connectivity index (χ2n) is 5.04. The lowest BCUT2D eigenvalue weighted by atomic mass is 10.2. The van der Waals surface area contributed by atoms with Crippen molar-refractivity contribution in [2.24, 2.45) is 0 Å². The van der Waals surface area contributed by atoms with Crippen molar-refractivity contribution in [1.29, 1.82) is 0 Å². The van der Waals surface area contributed by atoms with Crippen LogP contribution >= 0.6 is 38.9 Å². The Balaban J connectivity index is 2.16. The van der Waals surface area contributed by atoms with Crippen LogP contribution in [0.2, 0.25) is 5.02 Å². The van der Waals surface area contributed by atoms with Crippen LogP contribution in [0, 0.1) is 0 Å². The van der Waals surface area contributed by atoms with E-state index in [4.69, 9.17) is 16.3 Å². The van der Waals surface area contributed by atoms with Crippen molar-refractivity contribution >= 4 is 60.6 Å². The molecule has 10 heteroatoms. The minimum Gasteiger partial charge on any atom is -0.454 e. The molecule has 0 N–H and O–H groups in total. The van der Waals surface area contributed by atoms with Gasteiger partial charge in [0, 0.05) is 14.1 Å². The fourth-order valence-electron chi connectivity index (χ4n) is 1.77. The molecule has 0 bridgehead atoms. The van der Waals surface area contributed by atoms with Gasteiger partial charge in [0.1, 0.15) is 4.90 Å². The van der Waals surface area contributed by atoms with Crippen molar-refractivity contribution < 1.29 is 22.7 Å². The highest BCUT2D eigenvalue weighted by molar-refractivity contribution is 9.11. The number of esters is 1. The van der Waals surface area contributed by atoms with Gasteiger partial charge in [-0.25, -0.2) is 17.5 Å². The normalized spacial score (nSPS) is 11.6. The highest BCUT2D eigenvalue weighted by atomic mass is 79.9. The second kappa shape index (κ2) is 7.96. The second-order valence-corrected chi connectivity index (χ2v) is 10.0. The molecule has 2 aromatic rings. The molecule has 0 saturated carbocycles. The molecular formula is C15H13BrClNO5S2. The molecule has 0 aliphatic rings. The van der Waals surface area contributed by atoms with E-state index >= 15 is 0 Å². The summed E-state index contributed by atoms with van der Waals surface area (Å²) < 4.78 is 31.2. The Morgan fingerprint density at radius 1 is 1.24 bits per heavy atom. The predicted molar refractivity (Wildman–Crippen MR) is 99.0 cm³/mol. The molecule has 1 aromatic carbocycles. The zero-order valence-corrected chi connectivity index (χ0v) is 17.1. The molecule has 0 saturated heterocycles. The lowest BCUT2D eigenvalue weighted by molar-refractivity contribution is 0.0475. The van der Waals surface area contributed by atoms with Gasteiger partial charge in [-0.15, -0.1) is 11.3 Å². The number of hydrogen-bond acceptors (Lipinski definition) is 6. The van der Waals surface area contributed by atoms with Crippen LogP contribution in [0.3, 0.4) is 0 Å². The van der Waals surface area contributed by atoms with Crippen molar-refractivity contribution in [3.05, 3.63) is 49.6 Å². The smallest absolute Gasteiger partial charge is 0.338 e. The maximum atomic E-state index is 12.2. The number of carbonyl (C=O) groups is 2. The van der Waals surface area contributed by atoms with Gasteiger partial charge >= 0.3 is 5.97 Å². The summed E-state index contributed by atoms with van der Waals surface area (Å²) in [6.45, 7) is -0.440. The number of nitrogens with zero attached hydrogens (tertiary/aromatic N) is 1. The van der Waals surface area contributed by atoms with E-state index in [9.17, 15) is 18.0 Å². The van der Waals surface area contributed by atoms with Crippen LogP contribution in [0.15, 0.2) is 39.0 Å². The van der Waals surface area contributed by atoms with E-state index in [1.54, 1.807) is 12.1 Å². The van der Waals surface area contributed by atoms with Gasteiger partial charge in [0.15, 0.2) is 6.61 Å². The average Bonchev–Trinajstić information content (AvgIpc) is 2.99. The molecule has 0 aliphatic carbocycles. The first-order valence-corrected chi connectivity index (χ1v) is 10.2. The lowest BCUT2D eigenvalue weighted by Crippen LogP contribution is -2.23. The predicted octanol–water partition coefficient (Wildman–Crippen LogP) is 3.45. The molecule has 6 nitrogen and oxygen atoms in total. The van der Waals surface area contributed by atoms with E-state index < -0.39 is 22.6 Å². The first-order chi connectivity index (χ1) is 11.6. The summed E-state index contributed by atoms with van der Waals surface area (Å²) >= 11 is 10.4. The molecule has 134 valence electrons. The van der Waals surface area contributed by atoms with E-state index in [1.165, 1.54) is 37.6 Å². The van der Waals surface area contributed by atoms with Gasteiger partial charge < -0.3 is 4.74 Å². The van der Waals surface area contributed by atoms with E-state index in [1.807, 2.05) is 0 Å². The summed E-state index contributed by atoms with van der Waals surface area (Å²) in [7, 11) is -1.10.